The maximum atomic E-state index is 14.1. The topological polar surface area (TPSA) is 9.23 Å². The van der Waals surface area contributed by atoms with Gasteiger partial charge in [0.05, 0.1) is 5.38 Å². The van der Waals surface area contributed by atoms with Crippen LogP contribution in [-0.4, -0.2) is 5.60 Å². The summed E-state index contributed by atoms with van der Waals surface area (Å²) < 4.78 is 19.9. The SMILES string of the molecule is Cc1ccc(C(Cl)c2ccc3c(c2)CC(C)(C)O3)c(F)c1. The van der Waals surface area contributed by atoms with Crippen LogP contribution < -0.4 is 4.74 Å². The molecule has 0 radical (unpaired) electrons. The summed E-state index contributed by atoms with van der Waals surface area (Å²) in [5.41, 5.74) is 3.26. The minimum atomic E-state index is -0.486. The minimum Gasteiger partial charge on any atom is -0.487 e. The molecule has 1 aliphatic heterocycles. The van der Waals surface area contributed by atoms with Gasteiger partial charge >= 0.3 is 0 Å². The number of fused-ring (bicyclic) bond motifs is 1. The van der Waals surface area contributed by atoms with Gasteiger partial charge in [-0.2, -0.15) is 0 Å². The first-order valence-corrected chi connectivity index (χ1v) is 7.51. The number of alkyl halides is 1. The van der Waals surface area contributed by atoms with E-state index in [1.54, 1.807) is 6.07 Å². The molecule has 0 amide bonds. The lowest BCUT2D eigenvalue weighted by atomic mass is 9.97. The average Bonchev–Trinajstić information content (AvgIpc) is 2.70. The van der Waals surface area contributed by atoms with E-state index in [1.165, 1.54) is 6.07 Å². The van der Waals surface area contributed by atoms with Gasteiger partial charge in [-0.25, -0.2) is 4.39 Å². The second-order valence-electron chi connectivity index (χ2n) is 6.29. The smallest absolute Gasteiger partial charge is 0.128 e. The third-order valence-corrected chi connectivity index (χ3v) is 4.30. The molecule has 0 aromatic heterocycles. The number of hydrogen-bond acceptors (Lipinski definition) is 1. The second kappa shape index (κ2) is 5.03. The number of benzene rings is 2. The Bertz CT molecular complexity index is 694. The number of aryl methyl sites for hydroxylation is 1. The van der Waals surface area contributed by atoms with Gasteiger partial charge < -0.3 is 4.74 Å². The van der Waals surface area contributed by atoms with Crippen LogP contribution in [0.25, 0.3) is 0 Å². The summed E-state index contributed by atoms with van der Waals surface area (Å²) in [4.78, 5) is 0. The lowest BCUT2D eigenvalue weighted by Crippen LogP contribution is -2.24. The van der Waals surface area contributed by atoms with Crippen LogP contribution >= 0.6 is 11.6 Å². The lowest BCUT2D eigenvalue weighted by Gasteiger charge is -2.16. The number of ether oxygens (including phenoxy) is 1. The molecular formula is C18H18ClFO. The fraction of sp³-hybridized carbons (Fsp3) is 0.333. The average molecular weight is 305 g/mol. The van der Waals surface area contributed by atoms with E-state index in [4.69, 9.17) is 16.3 Å². The summed E-state index contributed by atoms with van der Waals surface area (Å²) in [6, 6.07) is 11.0. The van der Waals surface area contributed by atoms with Gasteiger partial charge in [-0.1, -0.05) is 24.3 Å². The molecule has 0 aliphatic carbocycles. The second-order valence-corrected chi connectivity index (χ2v) is 6.73. The van der Waals surface area contributed by atoms with Crippen LogP contribution in [0.3, 0.4) is 0 Å². The van der Waals surface area contributed by atoms with Crippen molar-refractivity contribution in [2.24, 2.45) is 0 Å². The lowest BCUT2D eigenvalue weighted by molar-refractivity contribution is 0.138. The molecule has 1 heterocycles. The van der Waals surface area contributed by atoms with Crippen LogP contribution in [0.1, 0.15) is 41.5 Å². The standard InChI is InChI=1S/C18H18ClFO/c1-11-4-6-14(15(20)8-11)17(19)12-5-7-16-13(9-12)10-18(2,3)21-16/h4-9,17H,10H2,1-3H3. The molecule has 21 heavy (non-hydrogen) atoms. The molecule has 2 aromatic carbocycles. The van der Waals surface area contributed by atoms with Gasteiger partial charge in [-0.3, -0.25) is 0 Å². The van der Waals surface area contributed by atoms with Crippen molar-refractivity contribution < 1.29 is 9.13 Å². The summed E-state index contributed by atoms with van der Waals surface area (Å²) in [6.45, 7) is 5.99. The highest BCUT2D eigenvalue weighted by Gasteiger charge is 2.30. The van der Waals surface area contributed by atoms with Crippen molar-refractivity contribution in [2.75, 3.05) is 0 Å². The van der Waals surface area contributed by atoms with E-state index >= 15 is 0 Å². The molecule has 0 N–H and O–H groups in total. The van der Waals surface area contributed by atoms with Crippen LogP contribution in [0, 0.1) is 12.7 Å². The van der Waals surface area contributed by atoms with Crippen LogP contribution in [0.15, 0.2) is 36.4 Å². The molecule has 0 saturated heterocycles. The molecule has 3 rings (SSSR count). The molecular weight excluding hydrogens is 287 g/mol. The zero-order valence-corrected chi connectivity index (χ0v) is 13.2. The van der Waals surface area contributed by atoms with Crippen LogP contribution in [0.2, 0.25) is 0 Å². The van der Waals surface area contributed by atoms with Crippen LogP contribution in [0.4, 0.5) is 4.39 Å². The van der Waals surface area contributed by atoms with E-state index in [0.29, 0.717) is 5.56 Å². The Morgan fingerprint density at radius 1 is 1.19 bits per heavy atom. The van der Waals surface area contributed by atoms with Crippen LogP contribution in [-0.2, 0) is 6.42 Å². The highest BCUT2D eigenvalue weighted by Crippen LogP contribution is 2.39. The molecule has 1 atom stereocenters. The Morgan fingerprint density at radius 3 is 2.67 bits per heavy atom. The predicted octanol–water partition coefficient (Wildman–Crippen LogP) is 5.18. The Labute approximate surface area is 129 Å². The van der Waals surface area contributed by atoms with Crippen molar-refractivity contribution in [3.63, 3.8) is 0 Å². The summed E-state index contributed by atoms with van der Waals surface area (Å²) >= 11 is 6.48. The van der Waals surface area contributed by atoms with Crippen molar-refractivity contribution >= 4 is 11.6 Å². The van der Waals surface area contributed by atoms with E-state index in [-0.39, 0.29) is 11.4 Å². The first-order valence-electron chi connectivity index (χ1n) is 7.08. The zero-order chi connectivity index (χ0) is 15.2. The van der Waals surface area contributed by atoms with Gasteiger partial charge in [0, 0.05) is 12.0 Å². The van der Waals surface area contributed by atoms with Gasteiger partial charge in [0.15, 0.2) is 0 Å². The van der Waals surface area contributed by atoms with Gasteiger partial charge in [-0.05, 0) is 49.6 Å². The van der Waals surface area contributed by atoms with Gasteiger partial charge in [0.2, 0.25) is 0 Å². The summed E-state index contributed by atoms with van der Waals surface area (Å²) in [6.07, 6.45) is 0.843. The normalized spacial score (nSPS) is 17.2. The molecule has 0 bridgehead atoms. The molecule has 2 aromatic rings. The highest BCUT2D eigenvalue weighted by atomic mass is 35.5. The molecule has 0 spiro atoms. The summed E-state index contributed by atoms with van der Waals surface area (Å²) in [7, 11) is 0. The molecule has 1 unspecified atom stereocenters. The Kier molecular flexibility index (Phi) is 3.45. The summed E-state index contributed by atoms with van der Waals surface area (Å²) in [5.74, 6) is 0.643. The van der Waals surface area contributed by atoms with Gasteiger partial charge in [0.1, 0.15) is 17.2 Å². The third-order valence-electron chi connectivity index (χ3n) is 3.81. The Balaban J connectivity index is 1.95. The minimum absolute atomic E-state index is 0.183. The van der Waals surface area contributed by atoms with Gasteiger partial charge in [0.25, 0.3) is 0 Å². The third kappa shape index (κ3) is 2.77. The van der Waals surface area contributed by atoms with Crippen molar-refractivity contribution in [3.8, 4) is 5.75 Å². The number of halogens is 2. The first kappa shape index (κ1) is 14.4. The number of hydrogen-bond donors (Lipinski definition) is 0. The van der Waals surface area contributed by atoms with Gasteiger partial charge in [-0.15, -0.1) is 11.6 Å². The monoisotopic (exact) mass is 304 g/mol. The van der Waals surface area contributed by atoms with Crippen molar-refractivity contribution in [2.45, 2.75) is 38.2 Å². The molecule has 0 fully saturated rings. The molecule has 110 valence electrons. The Hall–Kier alpha value is -1.54. The molecule has 1 aliphatic rings. The van der Waals surface area contributed by atoms with Crippen molar-refractivity contribution in [3.05, 3.63) is 64.5 Å². The maximum absolute atomic E-state index is 14.1. The highest BCUT2D eigenvalue weighted by molar-refractivity contribution is 6.22. The molecule has 0 saturated carbocycles. The van der Waals surface area contributed by atoms with Crippen LogP contribution in [0.5, 0.6) is 5.75 Å². The largest absolute Gasteiger partial charge is 0.487 e. The molecule has 3 heteroatoms. The van der Waals surface area contributed by atoms with E-state index in [1.807, 2.05) is 31.2 Å². The Morgan fingerprint density at radius 2 is 1.95 bits per heavy atom. The number of rotatable bonds is 2. The van der Waals surface area contributed by atoms with E-state index < -0.39 is 5.38 Å². The maximum Gasteiger partial charge on any atom is 0.128 e. The predicted molar refractivity (Wildman–Crippen MR) is 83.7 cm³/mol. The quantitative estimate of drug-likeness (QED) is 0.695. The zero-order valence-electron chi connectivity index (χ0n) is 12.4. The van der Waals surface area contributed by atoms with Crippen molar-refractivity contribution in [1.82, 2.24) is 0 Å². The summed E-state index contributed by atoms with van der Waals surface area (Å²) in [5, 5.41) is -0.486. The van der Waals surface area contributed by atoms with Crippen molar-refractivity contribution in [1.29, 1.82) is 0 Å². The molecule has 1 nitrogen and oxygen atoms in total. The van der Waals surface area contributed by atoms with E-state index in [2.05, 4.69) is 13.8 Å². The van der Waals surface area contributed by atoms with E-state index in [0.717, 1.165) is 28.9 Å². The fourth-order valence-corrected chi connectivity index (χ4v) is 3.12. The fourth-order valence-electron chi connectivity index (χ4n) is 2.80. The van der Waals surface area contributed by atoms with E-state index in [9.17, 15) is 4.39 Å². The first-order chi connectivity index (χ1) is 9.85.